The van der Waals surface area contributed by atoms with E-state index in [1.165, 1.54) is 5.39 Å². The van der Waals surface area contributed by atoms with Crippen molar-refractivity contribution >= 4 is 33.7 Å². The summed E-state index contributed by atoms with van der Waals surface area (Å²) < 4.78 is 0. The standard InChI is InChI=1S/C8H4ClS/c9-8-2-1-6-4-10-5-7(6)3-8/h1-3,5H. The van der Waals surface area contributed by atoms with E-state index in [0.717, 1.165) is 10.4 Å². The van der Waals surface area contributed by atoms with Crippen LogP contribution in [0.2, 0.25) is 5.02 Å². The Morgan fingerprint density at radius 3 is 3.20 bits per heavy atom. The molecule has 0 atom stereocenters. The molecule has 1 aromatic carbocycles. The molecule has 2 rings (SSSR count). The molecular formula is C8H4ClS. The highest BCUT2D eigenvalue weighted by molar-refractivity contribution is 7.08. The third kappa shape index (κ3) is 0.917. The predicted octanol–water partition coefficient (Wildman–Crippen LogP) is 3.35. The zero-order chi connectivity index (χ0) is 6.97. The van der Waals surface area contributed by atoms with Gasteiger partial charge in [-0.1, -0.05) is 17.7 Å². The molecule has 2 aromatic rings. The Balaban J connectivity index is 2.86. The fourth-order valence-electron chi connectivity index (χ4n) is 0.880. The van der Waals surface area contributed by atoms with Gasteiger partial charge in [-0.15, -0.1) is 11.3 Å². The van der Waals surface area contributed by atoms with Crippen molar-refractivity contribution in [1.29, 1.82) is 0 Å². The summed E-state index contributed by atoms with van der Waals surface area (Å²) in [5, 5.41) is 8.29. The lowest BCUT2D eigenvalue weighted by molar-refractivity contribution is 1.84. The Bertz CT molecular complexity index is 351. The number of halogens is 1. The molecule has 0 N–H and O–H groups in total. The molecule has 1 aromatic heterocycles. The SMILES string of the molecule is Clc1ccc2[c]scc2c1. The van der Waals surface area contributed by atoms with Crippen LogP contribution in [0.3, 0.4) is 0 Å². The fourth-order valence-corrected chi connectivity index (χ4v) is 1.75. The number of benzene rings is 1. The van der Waals surface area contributed by atoms with E-state index in [0.29, 0.717) is 0 Å². The quantitative estimate of drug-likeness (QED) is 0.565. The van der Waals surface area contributed by atoms with E-state index in [-0.39, 0.29) is 0 Å². The molecule has 0 fully saturated rings. The average Bonchev–Trinajstić information content (AvgIpc) is 2.33. The normalized spacial score (nSPS) is 10.5. The van der Waals surface area contributed by atoms with E-state index in [9.17, 15) is 0 Å². The van der Waals surface area contributed by atoms with Gasteiger partial charge < -0.3 is 0 Å². The van der Waals surface area contributed by atoms with Crippen molar-refractivity contribution in [1.82, 2.24) is 0 Å². The number of fused-ring (bicyclic) bond motifs is 1. The van der Waals surface area contributed by atoms with Gasteiger partial charge in [0.2, 0.25) is 0 Å². The minimum atomic E-state index is 0.791. The lowest BCUT2D eigenvalue weighted by atomic mass is 10.2. The van der Waals surface area contributed by atoms with E-state index in [4.69, 9.17) is 11.6 Å². The molecule has 1 radical (unpaired) electrons. The van der Waals surface area contributed by atoms with Gasteiger partial charge in [0.05, 0.1) is 5.38 Å². The monoisotopic (exact) mass is 167 g/mol. The minimum Gasteiger partial charge on any atom is -0.142 e. The first-order chi connectivity index (χ1) is 4.86. The predicted molar refractivity (Wildman–Crippen MR) is 45.7 cm³/mol. The van der Waals surface area contributed by atoms with Crippen molar-refractivity contribution in [2.75, 3.05) is 0 Å². The van der Waals surface area contributed by atoms with Crippen molar-refractivity contribution in [2.24, 2.45) is 0 Å². The second-order valence-electron chi connectivity index (χ2n) is 2.07. The van der Waals surface area contributed by atoms with Crippen LogP contribution in [0.25, 0.3) is 10.8 Å². The van der Waals surface area contributed by atoms with Gasteiger partial charge >= 0.3 is 0 Å². The van der Waals surface area contributed by atoms with E-state index < -0.39 is 0 Å². The lowest BCUT2D eigenvalue weighted by Crippen LogP contribution is -1.62. The zero-order valence-electron chi connectivity index (χ0n) is 5.10. The first kappa shape index (κ1) is 6.20. The zero-order valence-corrected chi connectivity index (χ0v) is 6.67. The van der Waals surface area contributed by atoms with Crippen LogP contribution in [0.15, 0.2) is 23.6 Å². The molecule has 0 bridgehead atoms. The highest BCUT2D eigenvalue weighted by Crippen LogP contribution is 2.21. The van der Waals surface area contributed by atoms with Crippen molar-refractivity contribution in [3.8, 4) is 0 Å². The van der Waals surface area contributed by atoms with Crippen molar-refractivity contribution in [3.05, 3.63) is 34.0 Å². The minimum absolute atomic E-state index is 0.791. The van der Waals surface area contributed by atoms with Crippen LogP contribution in [-0.4, -0.2) is 0 Å². The highest BCUT2D eigenvalue weighted by Gasteiger charge is 1.93. The van der Waals surface area contributed by atoms with Crippen LogP contribution in [-0.2, 0) is 0 Å². The first-order valence-electron chi connectivity index (χ1n) is 2.91. The number of rotatable bonds is 0. The summed E-state index contributed by atoms with van der Waals surface area (Å²) in [6.45, 7) is 0. The number of hydrogen-bond donors (Lipinski definition) is 0. The third-order valence-electron chi connectivity index (χ3n) is 1.37. The van der Waals surface area contributed by atoms with Gasteiger partial charge in [-0.3, -0.25) is 0 Å². The van der Waals surface area contributed by atoms with Crippen molar-refractivity contribution in [2.45, 2.75) is 0 Å². The molecule has 0 saturated carbocycles. The smallest absolute Gasteiger partial charge is 0.0527 e. The molecule has 0 spiro atoms. The second kappa shape index (κ2) is 2.26. The van der Waals surface area contributed by atoms with E-state index in [2.05, 4.69) is 5.38 Å². The Hall–Kier alpha value is -0.530. The van der Waals surface area contributed by atoms with Crippen LogP contribution < -0.4 is 0 Å². The first-order valence-corrected chi connectivity index (χ1v) is 4.16. The Kier molecular flexibility index (Phi) is 1.40. The summed E-state index contributed by atoms with van der Waals surface area (Å²) in [4.78, 5) is 0. The van der Waals surface area contributed by atoms with Crippen molar-refractivity contribution < 1.29 is 0 Å². The van der Waals surface area contributed by atoms with Gasteiger partial charge in [0.1, 0.15) is 0 Å². The lowest BCUT2D eigenvalue weighted by Gasteiger charge is -1.87. The average molecular weight is 168 g/mol. The summed E-state index contributed by atoms with van der Waals surface area (Å²) in [6, 6.07) is 5.81. The fraction of sp³-hybridized carbons (Fsp3) is 0. The van der Waals surface area contributed by atoms with E-state index >= 15 is 0 Å². The molecule has 0 aliphatic carbocycles. The summed E-state index contributed by atoms with van der Waals surface area (Å²) in [5.41, 5.74) is 0. The van der Waals surface area contributed by atoms with E-state index in [1.807, 2.05) is 23.6 Å². The Morgan fingerprint density at radius 2 is 2.30 bits per heavy atom. The molecule has 0 aliphatic heterocycles. The molecule has 49 valence electrons. The van der Waals surface area contributed by atoms with Crippen molar-refractivity contribution in [3.63, 3.8) is 0 Å². The van der Waals surface area contributed by atoms with Gasteiger partial charge in [0.15, 0.2) is 0 Å². The largest absolute Gasteiger partial charge is 0.142 e. The summed E-state index contributed by atoms with van der Waals surface area (Å²) >= 11 is 7.34. The Labute approximate surface area is 68.1 Å². The molecule has 0 saturated heterocycles. The molecule has 0 aliphatic rings. The number of thiophene rings is 1. The van der Waals surface area contributed by atoms with Gasteiger partial charge in [0, 0.05) is 10.4 Å². The Morgan fingerprint density at radius 1 is 1.40 bits per heavy atom. The van der Waals surface area contributed by atoms with Crippen LogP contribution in [0, 0.1) is 5.38 Å². The summed E-state index contributed by atoms with van der Waals surface area (Å²) in [5.74, 6) is 0. The summed E-state index contributed by atoms with van der Waals surface area (Å²) in [7, 11) is 0. The number of hydrogen-bond acceptors (Lipinski definition) is 1. The second-order valence-corrected chi connectivity index (χ2v) is 3.18. The third-order valence-corrected chi connectivity index (χ3v) is 2.31. The van der Waals surface area contributed by atoms with Crippen LogP contribution >= 0.6 is 22.9 Å². The van der Waals surface area contributed by atoms with E-state index in [1.54, 1.807) is 11.3 Å². The molecule has 1 heterocycles. The highest BCUT2D eigenvalue weighted by atomic mass is 35.5. The maximum Gasteiger partial charge on any atom is 0.0527 e. The maximum atomic E-state index is 5.77. The molecule has 10 heavy (non-hydrogen) atoms. The molecular weight excluding hydrogens is 164 g/mol. The molecule has 0 unspecified atom stereocenters. The van der Waals surface area contributed by atoms with Gasteiger partial charge in [-0.2, -0.15) is 0 Å². The van der Waals surface area contributed by atoms with Gasteiger partial charge in [-0.05, 0) is 22.9 Å². The molecule has 2 heteroatoms. The van der Waals surface area contributed by atoms with Gasteiger partial charge in [0.25, 0.3) is 0 Å². The maximum absolute atomic E-state index is 5.77. The molecule has 0 amide bonds. The van der Waals surface area contributed by atoms with Gasteiger partial charge in [-0.25, -0.2) is 0 Å². The topological polar surface area (TPSA) is 0 Å². The van der Waals surface area contributed by atoms with Crippen LogP contribution in [0.4, 0.5) is 0 Å². The van der Waals surface area contributed by atoms with Crippen LogP contribution in [0.1, 0.15) is 0 Å². The summed E-state index contributed by atoms with van der Waals surface area (Å²) in [6.07, 6.45) is 0. The molecule has 0 nitrogen and oxygen atoms in total. The van der Waals surface area contributed by atoms with Crippen LogP contribution in [0.5, 0.6) is 0 Å².